The lowest BCUT2D eigenvalue weighted by Gasteiger charge is -2.41. The molecule has 0 unspecified atom stereocenters. The highest BCUT2D eigenvalue weighted by atomic mass is 16.8. The fourth-order valence-corrected chi connectivity index (χ4v) is 2.55. The molecule has 2 fully saturated rings. The Morgan fingerprint density at radius 1 is 1.10 bits per heavy atom. The Kier molecular flexibility index (Phi) is 4.48. The van der Waals surface area contributed by atoms with Crippen LogP contribution in [0.25, 0.3) is 0 Å². The molecule has 21 heavy (non-hydrogen) atoms. The van der Waals surface area contributed by atoms with Gasteiger partial charge in [-0.25, -0.2) is 0 Å². The Morgan fingerprint density at radius 2 is 1.76 bits per heavy atom. The molecule has 8 nitrogen and oxygen atoms in total. The third kappa shape index (κ3) is 3.51. The first kappa shape index (κ1) is 15.7. The van der Waals surface area contributed by atoms with Crippen molar-refractivity contribution in [2.45, 2.75) is 51.3 Å². The van der Waals surface area contributed by atoms with Gasteiger partial charge in [-0.1, -0.05) is 0 Å². The Labute approximate surface area is 121 Å². The molecule has 0 N–H and O–H groups in total. The molecule has 0 spiro atoms. The van der Waals surface area contributed by atoms with Crippen LogP contribution in [-0.2, 0) is 38.1 Å². The van der Waals surface area contributed by atoms with Crippen LogP contribution in [0.1, 0.15) is 27.2 Å². The molecule has 0 aromatic rings. The largest absolute Gasteiger partial charge is 0.463 e. The molecular formula is C13H18O8. The summed E-state index contributed by atoms with van der Waals surface area (Å²) in [5.74, 6) is -1.54. The first-order valence-corrected chi connectivity index (χ1v) is 6.59. The van der Waals surface area contributed by atoms with Crippen LogP contribution in [-0.4, -0.2) is 55.2 Å². The van der Waals surface area contributed by atoms with Crippen molar-refractivity contribution >= 4 is 17.9 Å². The van der Waals surface area contributed by atoms with Crippen LogP contribution in [0.4, 0.5) is 0 Å². The Bertz CT molecular complexity index is 447. The summed E-state index contributed by atoms with van der Waals surface area (Å²) in [5.41, 5.74) is -1.15. The Balaban J connectivity index is 2.22. The number of carbonyl (C=O) groups is 3. The van der Waals surface area contributed by atoms with E-state index in [0.717, 1.165) is 0 Å². The van der Waals surface area contributed by atoms with Crippen molar-refractivity contribution in [3.63, 3.8) is 0 Å². The summed E-state index contributed by atoms with van der Waals surface area (Å²) in [6, 6.07) is 0. The number of ether oxygens (including phenoxy) is 5. The predicted octanol–water partition coefficient (Wildman–Crippen LogP) is -0.0717. The quantitative estimate of drug-likeness (QED) is 0.526. The van der Waals surface area contributed by atoms with E-state index in [1.165, 1.54) is 20.8 Å². The van der Waals surface area contributed by atoms with E-state index in [9.17, 15) is 14.4 Å². The zero-order valence-electron chi connectivity index (χ0n) is 12.1. The van der Waals surface area contributed by atoms with Gasteiger partial charge >= 0.3 is 17.9 Å². The molecule has 0 aromatic heterocycles. The monoisotopic (exact) mass is 302 g/mol. The van der Waals surface area contributed by atoms with E-state index in [2.05, 4.69) is 0 Å². The van der Waals surface area contributed by atoms with Crippen LogP contribution in [0.15, 0.2) is 0 Å². The van der Waals surface area contributed by atoms with E-state index in [1.807, 2.05) is 0 Å². The lowest BCUT2D eigenvalue weighted by atomic mass is 9.90. The molecule has 8 heteroatoms. The molecular weight excluding hydrogens is 284 g/mol. The van der Waals surface area contributed by atoms with Crippen LogP contribution in [0.5, 0.6) is 0 Å². The smallest absolute Gasteiger partial charge is 0.303 e. The van der Waals surface area contributed by atoms with Crippen molar-refractivity contribution in [3.8, 4) is 0 Å². The summed E-state index contributed by atoms with van der Waals surface area (Å²) in [6.07, 6.45) is -1.93. The van der Waals surface area contributed by atoms with Gasteiger partial charge in [0.25, 0.3) is 0 Å². The molecule has 2 rings (SSSR count). The Morgan fingerprint density at radius 3 is 2.33 bits per heavy atom. The summed E-state index contributed by atoms with van der Waals surface area (Å²) in [4.78, 5) is 33.6. The SMILES string of the molecule is CC(=O)OC[C@]12CO[C@H](C[C@@H](OC(C)=O)[C@H]1OC(C)=O)O2. The van der Waals surface area contributed by atoms with E-state index in [-0.39, 0.29) is 19.6 Å². The van der Waals surface area contributed by atoms with Crippen molar-refractivity contribution in [3.05, 3.63) is 0 Å². The van der Waals surface area contributed by atoms with Gasteiger partial charge in [-0.05, 0) is 0 Å². The lowest BCUT2D eigenvalue weighted by molar-refractivity contribution is -0.240. The second-order valence-electron chi connectivity index (χ2n) is 5.12. The molecule has 0 aromatic carbocycles. The molecule has 4 atom stereocenters. The highest BCUT2D eigenvalue weighted by Crippen LogP contribution is 2.40. The summed E-state index contributed by atoms with van der Waals surface area (Å²) in [7, 11) is 0. The maximum atomic E-state index is 11.3. The van der Waals surface area contributed by atoms with Gasteiger partial charge in [0.2, 0.25) is 0 Å². The van der Waals surface area contributed by atoms with Crippen molar-refractivity contribution < 1.29 is 38.1 Å². The third-order valence-corrected chi connectivity index (χ3v) is 3.29. The van der Waals surface area contributed by atoms with Crippen LogP contribution in [0.2, 0.25) is 0 Å². The lowest BCUT2D eigenvalue weighted by Crippen LogP contribution is -2.60. The van der Waals surface area contributed by atoms with Gasteiger partial charge in [0.15, 0.2) is 18.0 Å². The zero-order chi connectivity index (χ0) is 15.6. The van der Waals surface area contributed by atoms with E-state index < -0.39 is 42.0 Å². The van der Waals surface area contributed by atoms with Crippen molar-refractivity contribution in [2.24, 2.45) is 0 Å². The van der Waals surface area contributed by atoms with E-state index in [4.69, 9.17) is 23.7 Å². The predicted molar refractivity (Wildman–Crippen MR) is 65.9 cm³/mol. The average molecular weight is 302 g/mol. The van der Waals surface area contributed by atoms with Crippen molar-refractivity contribution in [2.75, 3.05) is 13.2 Å². The van der Waals surface area contributed by atoms with Crippen LogP contribution in [0, 0.1) is 0 Å². The summed E-state index contributed by atoms with van der Waals surface area (Å²) in [6.45, 7) is 3.71. The molecule has 0 amide bonds. The van der Waals surface area contributed by atoms with Crippen LogP contribution in [0.3, 0.4) is 0 Å². The van der Waals surface area contributed by atoms with Gasteiger partial charge in [-0.3, -0.25) is 14.4 Å². The zero-order valence-corrected chi connectivity index (χ0v) is 12.1. The van der Waals surface area contributed by atoms with Crippen molar-refractivity contribution in [1.29, 1.82) is 0 Å². The van der Waals surface area contributed by atoms with Gasteiger partial charge < -0.3 is 23.7 Å². The third-order valence-electron chi connectivity index (χ3n) is 3.29. The van der Waals surface area contributed by atoms with Gasteiger partial charge in [0.1, 0.15) is 12.7 Å². The molecule has 0 saturated carbocycles. The van der Waals surface area contributed by atoms with Crippen LogP contribution < -0.4 is 0 Å². The minimum atomic E-state index is -1.15. The fourth-order valence-electron chi connectivity index (χ4n) is 2.55. The van der Waals surface area contributed by atoms with E-state index in [0.29, 0.717) is 0 Å². The first-order chi connectivity index (χ1) is 9.82. The van der Waals surface area contributed by atoms with Gasteiger partial charge in [0.05, 0.1) is 6.61 Å². The molecule has 0 aliphatic carbocycles. The maximum Gasteiger partial charge on any atom is 0.303 e. The summed E-state index contributed by atoms with van der Waals surface area (Å²) >= 11 is 0. The maximum absolute atomic E-state index is 11.3. The van der Waals surface area contributed by atoms with Gasteiger partial charge in [-0.15, -0.1) is 0 Å². The molecule has 2 bridgehead atoms. The topological polar surface area (TPSA) is 97.4 Å². The number of fused-ring (bicyclic) bond motifs is 2. The summed E-state index contributed by atoms with van der Waals surface area (Å²) in [5, 5.41) is 0. The van der Waals surface area contributed by atoms with E-state index >= 15 is 0 Å². The summed E-state index contributed by atoms with van der Waals surface area (Å²) < 4.78 is 26.6. The number of hydrogen-bond acceptors (Lipinski definition) is 8. The average Bonchev–Trinajstić information content (AvgIpc) is 2.71. The van der Waals surface area contributed by atoms with Crippen LogP contribution >= 0.6 is 0 Å². The second kappa shape index (κ2) is 5.98. The second-order valence-corrected chi connectivity index (χ2v) is 5.12. The standard InChI is InChI=1S/C13H18O8/c1-7(14)17-5-13-6-18-11(21-13)4-10(19-8(2)15)12(13)20-9(3)16/h10-12H,4-6H2,1-3H3/t10-,11+,12-,13+/m1/s1. The molecule has 2 heterocycles. The van der Waals surface area contributed by atoms with Gasteiger partial charge in [-0.2, -0.15) is 0 Å². The highest BCUT2D eigenvalue weighted by molar-refractivity contribution is 5.68. The van der Waals surface area contributed by atoms with Gasteiger partial charge in [0, 0.05) is 27.2 Å². The molecule has 0 radical (unpaired) electrons. The highest BCUT2D eigenvalue weighted by Gasteiger charge is 2.59. The fraction of sp³-hybridized carbons (Fsp3) is 0.769. The number of rotatable bonds is 4. The molecule has 2 saturated heterocycles. The molecule has 2 aliphatic rings. The number of esters is 3. The molecule has 2 aliphatic heterocycles. The molecule has 118 valence electrons. The minimum absolute atomic E-state index is 0.0840. The minimum Gasteiger partial charge on any atom is -0.463 e. The van der Waals surface area contributed by atoms with Crippen molar-refractivity contribution in [1.82, 2.24) is 0 Å². The number of carbonyl (C=O) groups excluding carboxylic acids is 3. The first-order valence-electron chi connectivity index (χ1n) is 6.59. The van der Waals surface area contributed by atoms with E-state index in [1.54, 1.807) is 0 Å². The Hall–Kier alpha value is -1.67. The normalized spacial score (nSPS) is 34.1. The number of hydrogen-bond donors (Lipinski definition) is 0.